The van der Waals surface area contributed by atoms with Gasteiger partial charge in [-0.25, -0.2) is 4.98 Å². The molecule has 0 saturated carbocycles. The van der Waals surface area contributed by atoms with Crippen molar-refractivity contribution in [3.05, 3.63) is 77.3 Å². The summed E-state index contributed by atoms with van der Waals surface area (Å²) in [5, 5.41) is 0.801. The summed E-state index contributed by atoms with van der Waals surface area (Å²) < 4.78 is 5.84. The minimum absolute atomic E-state index is 0.208. The van der Waals surface area contributed by atoms with Crippen molar-refractivity contribution in [2.45, 2.75) is 32.2 Å². The lowest BCUT2D eigenvalue weighted by atomic mass is 10.1. The molecule has 2 aromatic carbocycles. The number of carbonyl (C=O) groups is 1. The second-order valence-electron chi connectivity index (χ2n) is 7.95. The fourth-order valence-corrected chi connectivity index (χ4v) is 4.37. The molecule has 0 N–H and O–H groups in total. The maximum absolute atomic E-state index is 12.7. The molecule has 2 heterocycles. The maximum atomic E-state index is 12.7. The summed E-state index contributed by atoms with van der Waals surface area (Å²) >= 11 is 6.36. The van der Waals surface area contributed by atoms with Gasteiger partial charge in [0.25, 0.3) is 0 Å². The molecule has 0 spiro atoms. The Morgan fingerprint density at radius 3 is 2.52 bits per heavy atom. The number of hydrogen-bond donors (Lipinski definition) is 0. The summed E-state index contributed by atoms with van der Waals surface area (Å²) in [5.74, 6) is 1.66. The largest absolute Gasteiger partial charge is 0.441 e. The van der Waals surface area contributed by atoms with E-state index >= 15 is 0 Å². The van der Waals surface area contributed by atoms with Crippen molar-refractivity contribution in [2.24, 2.45) is 0 Å². The molecule has 1 saturated heterocycles. The van der Waals surface area contributed by atoms with Crippen LogP contribution in [0.25, 0.3) is 11.3 Å². The van der Waals surface area contributed by atoms with Crippen molar-refractivity contribution in [1.29, 1.82) is 0 Å². The minimum atomic E-state index is 0.208. The average molecular weight is 438 g/mol. The third kappa shape index (κ3) is 5.35. The van der Waals surface area contributed by atoms with Gasteiger partial charge >= 0.3 is 0 Å². The molecule has 1 amide bonds. The van der Waals surface area contributed by atoms with Gasteiger partial charge in [-0.05, 0) is 25.0 Å². The van der Waals surface area contributed by atoms with Crippen LogP contribution >= 0.6 is 11.6 Å². The van der Waals surface area contributed by atoms with Gasteiger partial charge in [-0.2, -0.15) is 0 Å². The number of piperazine rings is 1. The molecule has 162 valence electrons. The van der Waals surface area contributed by atoms with Crippen molar-refractivity contribution in [3.8, 4) is 11.3 Å². The molecule has 31 heavy (non-hydrogen) atoms. The Morgan fingerprint density at radius 2 is 1.77 bits per heavy atom. The lowest BCUT2D eigenvalue weighted by molar-refractivity contribution is -0.133. The van der Waals surface area contributed by atoms with Crippen LogP contribution in [0.3, 0.4) is 0 Å². The predicted octanol–water partition coefficient (Wildman–Crippen LogP) is 5.22. The highest BCUT2D eigenvalue weighted by Gasteiger charge is 2.25. The Hall–Kier alpha value is -2.63. The van der Waals surface area contributed by atoms with Gasteiger partial charge in [0.15, 0.2) is 11.7 Å². The average Bonchev–Trinajstić information content (AvgIpc) is 3.28. The van der Waals surface area contributed by atoms with E-state index in [1.54, 1.807) is 6.20 Å². The number of carbonyl (C=O) groups excluding carboxylic acids is 1. The fraction of sp³-hybridized carbons (Fsp3) is 0.360. The number of halogens is 1. The molecule has 1 aliphatic heterocycles. The summed E-state index contributed by atoms with van der Waals surface area (Å²) in [4.78, 5) is 21.4. The molecule has 0 bridgehead atoms. The summed E-state index contributed by atoms with van der Waals surface area (Å²) in [7, 11) is 0. The smallest absolute Gasteiger partial charge is 0.222 e. The number of nitrogens with zero attached hydrogens (tertiary/aromatic N) is 3. The lowest BCUT2D eigenvalue weighted by Crippen LogP contribution is -2.49. The maximum Gasteiger partial charge on any atom is 0.222 e. The monoisotopic (exact) mass is 437 g/mol. The van der Waals surface area contributed by atoms with Crippen LogP contribution in [0.4, 0.5) is 0 Å². The van der Waals surface area contributed by atoms with Gasteiger partial charge in [-0.15, -0.1) is 0 Å². The molecular formula is C25H28ClN3O2. The lowest BCUT2D eigenvalue weighted by Gasteiger charge is -2.38. The van der Waals surface area contributed by atoms with E-state index < -0.39 is 0 Å². The zero-order valence-corrected chi connectivity index (χ0v) is 18.6. The first kappa shape index (κ1) is 21.6. The van der Waals surface area contributed by atoms with Gasteiger partial charge in [0, 0.05) is 55.6 Å². The Labute approximate surface area is 188 Å². The van der Waals surface area contributed by atoms with Crippen LogP contribution in [-0.2, 0) is 11.2 Å². The van der Waals surface area contributed by atoms with E-state index in [0.717, 1.165) is 54.5 Å². The molecule has 1 aliphatic rings. The highest BCUT2D eigenvalue weighted by molar-refractivity contribution is 6.31. The summed E-state index contributed by atoms with van der Waals surface area (Å²) in [6, 6.07) is 18.2. The highest BCUT2D eigenvalue weighted by Crippen LogP contribution is 2.28. The van der Waals surface area contributed by atoms with E-state index in [1.165, 1.54) is 0 Å². The third-order valence-corrected chi connectivity index (χ3v) is 6.31. The molecule has 1 unspecified atom stereocenters. The first-order chi connectivity index (χ1) is 15.1. The number of hydrogen-bond acceptors (Lipinski definition) is 4. The van der Waals surface area contributed by atoms with Crippen LogP contribution in [0.1, 0.15) is 37.3 Å². The van der Waals surface area contributed by atoms with Crippen LogP contribution in [0.15, 0.2) is 65.2 Å². The van der Waals surface area contributed by atoms with Gasteiger partial charge in [0.2, 0.25) is 5.91 Å². The second kappa shape index (κ2) is 10.1. The zero-order valence-electron chi connectivity index (χ0n) is 17.8. The van der Waals surface area contributed by atoms with E-state index in [1.807, 2.05) is 53.4 Å². The Bertz CT molecular complexity index is 997. The molecule has 3 aromatic rings. The van der Waals surface area contributed by atoms with Crippen LogP contribution in [0.2, 0.25) is 5.02 Å². The van der Waals surface area contributed by atoms with Crippen molar-refractivity contribution in [3.63, 3.8) is 0 Å². The molecular weight excluding hydrogens is 410 g/mol. The number of benzene rings is 2. The van der Waals surface area contributed by atoms with Gasteiger partial charge in [-0.1, -0.05) is 60.1 Å². The van der Waals surface area contributed by atoms with Crippen molar-refractivity contribution in [2.75, 3.05) is 26.2 Å². The van der Waals surface area contributed by atoms with Gasteiger partial charge < -0.3 is 9.32 Å². The molecule has 1 aromatic heterocycles. The molecule has 4 rings (SSSR count). The third-order valence-electron chi connectivity index (χ3n) is 5.96. The second-order valence-corrected chi connectivity index (χ2v) is 8.36. The molecule has 5 nitrogen and oxygen atoms in total. The van der Waals surface area contributed by atoms with Gasteiger partial charge in [0.05, 0.1) is 6.20 Å². The van der Waals surface area contributed by atoms with E-state index in [0.29, 0.717) is 18.7 Å². The van der Waals surface area contributed by atoms with Gasteiger partial charge in [-0.3, -0.25) is 9.69 Å². The normalized spacial score (nSPS) is 15.7. The van der Waals surface area contributed by atoms with E-state index in [2.05, 4.69) is 22.9 Å². The quantitative estimate of drug-likeness (QED) is 0.508. The van der Waals surface area contributed by atoms with Crippen LogP contribution in [0.5, 0.6) is 0 Å². The predicted molar refractivity (Wildman–Crippen MR) is 123 cm³/mol. The SMILES string of the molecule is CC(c1ccccc1Cl)N1CCN(C(=O)CCCc2ncc(-c3ccccc3)o2)CC1. The standard InChI is InChI=1S/C25H28ClN3O2/c1-19(21-10-5-6-11-22(21)26)28-14-16-29(17-15-28)25(30)13-7-12-24-27-18-23(31-24)20-8-3-2-4-9-20/h2-6,8-11,18-19H,7,12-17H2,1H3. The van der Waals surface area contributed by atoms with Crippen LogP contribution < -0.4 is 0 Å². The van der Waals surface area contributed by atoms with E-state index in [9.17, 15) is 4.79 Å². The first-order valence-electron chi connectivity index (χ1n) is 10.9. The molecule has 1 fully saturated rings. The molecule has 1 atom stereocenters. The number of amides is 1. The molecule has 6 heteroatoms. The fourth-order valence-electron chi connectivity index (χ4n) is 4.08. The Morgan fingerprint density at radius 1 is 1.06 bits per heavy atom. The van der Waals surface area contributed by atoms with Crippen molar-refractivity contribution in [1.82, 2.24) is 14.8 Å². The summed E-state index contributed by atoms with van der Waals surface area (Å²) in [6.07, 6.45) is 3.68. The Kier molecular flexibility index (Phi) is 7.05. The molecule has 0 radical (unpaired) electrons. The number of oxazole rings is 1. The topological polar surface area (TPSA) is 49.6 Å². The van der Waals surface area contributed by atoms with Gasteiger partial charge in [0.1, 0.15) is 0 Å². The van der Waals surface area contributed by atoms with Crippen molar-refractivity contribution >= 4 is 17.5 Å². The number of aromatic nitrogens is 1. The summed E-state index contributed by atoms with van der Waals surface area (Å²) in [6.45, 7) is 5.41. The minimum Gasteiger partial charge on any atom is -0.441 e. The van der Waals surface area contributed by atoms with Crippen LogP contribution in [0, 0.1) is 0 Å². The van der Waals surface area contributed by atoms with Crippen LogP contribution in [-0.4, -0.2) is 46.9 Å². The Balaban J connectivity index is 1.22. The zero-order chi connectivity index (χ0) is 21.6. The van der Waals surface area contributed by atoms with E-state index in [4.69, 9.17) is 16.0 Å². The first-order valence-corrected chi connectivity index (χ1v) is 11.3. The highest BCUT2D eigenvalue weighted by atomic mass is 35.5. The van der Waals surface area contributed by atoms with E-state index in [-0.39, 0.29) is 11.9 Å². The summed E-state index contributed by atoms with van der Waals surface area (Å²) in [5.41, 5.74) is 2.16. The number of rotatable bonds is 7. The number of aryl methyl sites for hydroxylation is 1. The van der Waals surface area contributed by atoms with Crippen molar-refractivity contribution < 1.29 is 9.21 Å². The molecule has 0 aliphatic carbocycles.